The van der Waals surface area contributed by atoms with Gasteiger partial charge in [-0.05, 0) is 27.9 Å². The first kappa shape index (κ1) is 12.4. The number of nitrogens with one attached hydrogen (secondary N) is 1. The lowest BCUT2D eigenvalue weighted by Gasteiger charge is -2.15. The predicted octanol–water partition coefficient (Wildman–Crippen LogP) is 2.41. The molecule has 2 N–H and O–H groups in total. The molecule has 0 aliphatic heterocycles. The van der Waals surface area contributed by atoms with Crippen molar-refractivity contribution < 1.29 is 9.50 Å². The number of aromatic nitrogens is 1. The molecule has 0 fully saturated rings. The van der Waals surface area contributed by atoms with Gasteiger partial charge in [0.1, 0.15) is 0 Å². The molecule has 1 aromatic heterocycles. The first-order chi connectivity index (χ1) is 7.00. The van der Waals surface area contributed by atoms with Gasteiger partial charge in [0.25, 0.3) is 0 Å². The van der Waals surface area contributed by atoms with E-state index in [0.29, 0.717) is 11.0 Å². The van der Waals surface area contributed by atoms with Crippen LogP contribution in [0.25, 0.3) is 0 Å². The van der Waals surface area contributed by atoms with Crippen molar-refractivity contribution in [2.45, 2.75) is 20.0 Å². The van der Waals surface area contributed by atoms with Crippen molar-refractivity contribution >= 4 is 21.7 Å². The van der Waals surface area contributed by atoms with Crippen LogP contribution in [0.4, 0.5) is 10.2 Å². The number of anilines is 1. The maximum atomic E-state index is 13.3. The average molecular weight is 277 g/mol. The summed E-state index contributed by atoms with van der Waals surface area (Å²) in [4.78, 5) is 3.87. The number of aliphatic hydroxyl groups is 1. The molecule has 1 atom stereocenters. The fraction of sp³-hybridized carbons (Fsp3) is 0.500. The molecule has 0 spiro atoms. The molecule has 1 rings (SSSR count). The number of halogens is 2. The molecule has 0 aromatic carbocycles. The molecule has 0 saturated carbocycles. The van der Waals surface area contributed by atoms with E-state index >= 15 is 0 Å². The molecule has 0 bridgehead atoms. The number of hydrogen-bond acceptors (Lipinski definition) is 3. The monoisotopic (exact) mass is 276 g/mol. The first-order valence-corrected chi connectivity index (χ1v) is 5.53. The van der Waals surface area contributed by atoms with Crippen LogP contribution in [0.1, 0.15) is 13.8 Å². The van der Waals surface area contributed by atoms with Gasteiger partial charge < -0.3 is 10.4 Å². The number of rotatable bonds is 4. The highest BCUT2D eigenvalue weighted by Gasteiger charge is 2.10. The second kappa shape index (κ2) is 5.42. The molecular weight excluding hydrogens is 263 g/mol. The normalized spacial score (nSPS) is 12.9. The maximum Gasteiger partial charge on any atom is 0.166 e. The topological polar surface area (TPSA) is 45.1 Å². The molecule has 0 radical (unpaired) electrons. The van der Waals surface area contributed by atoms with E-state index in [1.807, 2.05) is 13.8 Å². The van der Waals surface area contributed by atoms with Gasteiger partial charge >= 0.3 is 0 Å². The Balaban J connectivity index is 2.58. The quantitative estimate of drug-likeness (QED) is 0.888. The van der Waals surface area contributed by atoms with E-state index < -0.39 is 11.9 Å². The van der Waals surface area contributed by atoms with Gasteiger partial charge in [-0.3, -0.25) is 0 Å². The van der Waals surface area contributed by atoms with Crippen LogP contribution < -0.4 is 5.32 Å². The van der Waals surface area contributed by atoms with E-state index in [0.717, 1.165) is 0 Å². The summed E-state index contributed by atoms with van der Waals surface area (Å²) < 4.78 is 13.9. The van der Waals surface area contributed by atoms with E-state index in [2.05, 4.69) is 26.2 Å². The van der Waals surface area contributed by atoms with Crippen LogP contribution in [-0.2, 0) is 0 Å². The molecule has 1 heterocycles. The minimum absolute atomic E-state index is 0.135. The fourth-order valence-corrected chi connectivity index (χ4v) is 1.28. The standard InChI is InChI=1S/C10H14BrFN2O/c1-6(2)9(15)5-14-10-8(12)3-7(11)4-13-10/h3-4,6,9,15H,5H2,1-2H3,(H,13,14). The van der Waals surface area contributed by atoms with Crippen molar-refractivity contribution in [1.82, 2.24) is 4.98 Å². The van der Waals surface area contributed by atoms with Gasteiger partial charge in [-0.25, -0.2) is 9.37 Å². The largest absolute Gasteiger partial charge is 0.391 e. The average Bonchev–Trinajstić information content (AvgIpc) is 2.15. The van der Waals surface area contributed by atoms with Crippen LogP contribution in [0.2, 0.25) is 0 Å². The minimum atomic E-state index is -0.505. The summed E-state index contributed by atoms with van der Waals surface area (Å²) >= 11 is 3.12. The van der Waals surface area contributed by atoms with Crippen molar-refractivity contribution in [3.8, 4) is 0 Å². The van der Waals surface area contributed by atoms with E-state index in [-0.39, 0.29) is 11.7 Å². The predicted molar refractivity (Wildman–Crippen MR) is 61.2 cm³/mol. The SMILES string of the molecule is CC(C)C(O)CNc1ncc(Br)cc1F. The highest BCUT2D eigenvalue weighted by molar-refractivity contribution is 9.10. The smallest absolute Gasteiger partial charge is 0.166 e. The third kappa shape index (κ3) is 3.76. The Morgan fingerprint density at radius 3 is 2.80 bits per heavy atom. The zero-order valence-corrected chi connectivity index (χ0v) is 10.3. The summed E-state index contributed by atoms with van der Waals surface area (Å²) in [5.74, 6) is -0.130. The third-order valence-electron chi connectivity index (χ3n) is 2.06. The van der Waals surface area contributed by atoms with Crippen LogP contribution in [0.5, 0.6) is 0 Å². The van der Waals surface area contributed by atoms with Crippen LogP contribution in [0.15, 0.2) is 16.7 Å². The third-order valence-corrected chi connectivity index (χ3v) is 2.49. The van der Waals surface area contributed by atoms with Gasteiger partial charge in [0.05, 0.1) is 6.10 Å². The maximum absolute atomic E-state index is 13.3. The molecule has 0 amide bonds. The summed E-state index contributed by atoms with van der Waals surface area (Å²) in [6.07, 6.45) is 1.00. The number of hydrogen-bond donors (Lipinski definition) is 2. The summed E-state index contributed by atoms with van der Waals surface area (Å²) in [5.41, 5.74) is 0. The Hall–Kier alpha value is -0.680. The Kier molecular flexibility index (Phi) is 4.47. The van der Waals surface area contributed by atoms with Gasteiger partial charge in [0, 0.05) is 17.2 Å². The Morgan fingerprint density at radius 1 is 1.60 bits per heavy atom. The van der Waals surface area contributed by atoms with Crippen LogP contribution in [0.3, 0.4) is 0 Å². The highest BCUT2D eigenvalue weighted by Crippen LogP contribution is 2.16. The van der Waals surface area contributed by atoms with E-state index in [9.17, 15) is 9.50 Å². The van der Waals surface area contributed by atoms with E-state index in [4.69, 9.17) is 0 Å². The van der Waals surface area contributed by atoms with Crippen molar-refractivity contribution in [2.75, 3.05) is 11.9 Å². The fourth-order valence-electron chi connectivity index (χ4n) is 0.982. The molecule has 84 valence electrons. The number of nitrogens with zero attached hydrogens (tertiary/aromatic N) is 1. The van der Waals surface area contributed by atoms with Crippen molar-refractivity contribution in [1.29, 1.82) is 0 Å². The Morgan fingerprint density at radius 2 is 2.27 bits per heavy atom. The van der Waals surface area contributed by atoms with Gasteiger partial charge in [0.15, 0.2) is 11.6 Å². The molecule has 0 saturated heterocycles. The molecular formula is C10H14BrFN2O. The molecule has 15 heavy (non-hydrogen) atoms. The lowest BCUT2D eigenvalue weighted by molar-refractivity contribution is 0.137. The van der Waals surface area contributed by atoms with Gasteiger partial charge in [0.2, 0.25) is 0 Å². The van der Waals surface area contributed by atoms with Crippen molar-refractivity contribution in [3.05, 3.63) is 22.6 Å². The summed E-state index contributed by atoms with van der Waals surface area (Å²) in [7, 11) is 0. The lowest BCUT2D eigenvalue weighted by Crippen LogP contribution is -2.25. The summed E-state index contributed by atoms with van der Waals surface area (Å²) in [6.45, 7) is 4.10. The summed E-state index contributed by atoms with van der Waals surface area (Å²) in [5, 5.41) is 12.3. The van der Waals surface area contributed by atoms with E-state index in [1.54, 1.807) is 0 Å². The summed E-state index contributed by atoms with van der Waals surface area (Å²) in [6, 6.07) is 1.33. The Bertz CT molecular complexity index is 333. The molecule has 0 aliphatic carbocycles. The number of aliphatic hydroxyl groups excluding tert-OH is 1. The number of pyridine rings is 1. The zero-order valence-electron chi connectivity index (χ0n) is 8.67. The molecule has 3 nitrogen and oxygen atoms in total. The molecule has 0 aliphatic rings. The molecule has 5 heteroatoms. The van der Waals surface area contributed by atoms with Crippen molar-refractivity contribution in [3.63, 3.8) is 0 Å². The van der Waals surface area contributed by atoms with Crippen LogP contribution in [0, 0.1) is 11.7 Å². The molecule has 1 aromatic rings. The lowest BCUT2D eigenvalue weighted by atomic mass is 10.1. The van der Waals surface area contributed by atoms with Gasteiger partial charge in [-0.1, -0.05) is 13.8 Å². The zero-order chi connectivity index (χ0) is 11.4. The molecule has 1 unspecified atom stereocenters. The van der Waals surface area contributed by atoms with Gasteiger partial charge in [-0.15, -0.1) is 0 Å². The second-order valence-electron chi connectivity index (χ2n) is 3.68. The second-order valence-corrected chi connectivity index (χ2v) is 4.59. The minimum Gasteiger partial charge on any atom is -0.391 e. The highest BCUT2D eigenvalue weighted by atomic mass is 79.9. The van der Waals surface area contributed by atoms with E-state index in [1.165, 1.54) is 12.3 Å². The Labute approximate surface area is 96.9 Å². The van der Waals surface area contributed by atoms with Crippen LogP contribution in [-0.4, -0.2) is 22.7 Å². The van der Waals surface area contributed by atoms with Crippen LogP contribution >= 0.6 is 15.9 Å². The van der Waals surface area contributed by atoms with Gasteiger partial charge in [-0.2, -0.15) is 0 Å². The first-order valence-electron chi connectivity index (χ1n) is 4.73. The van der Waals surface area contributed by atoms with Crippen molar-refractivity contribution in [2.24, 2.45) is 5.92 Å².